The molecule has 2 aromatic rings. The minimum Gasteiger partial charge on any atom is -0.417 e. The monoisotopic (exact) mass is 368 g/mol. The summed E-state index contributed by atoms with van der Waals surface area (Å²) in [5.74, 6) is -1.63. The van der Waals surface area contributed by atoms with Crippen molar-refractivity contribution in [2.75, 3.05) is 18.4 Å². The summed E-state index contributed by atoms with van der Waals surface area (Å²) >= 11 is 0. The van der Waals surface area contributed by atoms with Crippen LogP contribution in [0.5, 0.6) is 0 Å². The zero-order valence-electron chi connectivity index (χ0n) is 14.4. The van der Waals surface area contributed by atoms with E-state index in [1.165, 1.54) is 0 Å². The third kappa shape index (κ3) is 4.14. The summed E-state index contributed by atoms with van der Waals surface area (Å²) in [6.45, 7) is 4.72. The van der Waals surface area contributed by atoms with Crippen LogP contribution < -0.4 is 5.32 Å². The minimum atomic E-state index is -4.64. The molecule has 0 atom stereocenters. The third-order valence-corrected chi connectivity index (χ3v) is 4.29. The van der Waals surface area contributed by atoms with E-state index in [1.54, 1.807) is 4.90 Å². The number of hydrogen-bond acceptors (Lipinski definition) is 4. The highest BCUT2D eigenvalue weighted by Crippen LogP contribution is 2.32. The Morgan fingerprint density at radius 1 is 1.15 bits per heavy atom. The van der Waals surface area contributed by atoms with E-state index >= 15 is 0 Å². The molecule has 0 bridgehead atoms. The average molecular weight is 368 g/mol. The van der Waals surface area contributed by atoms with E-state index in [1.807, 2.05) is 32.0 Å². The summed E-state index contributed by atoms with van der Waals surface area (Å²) < 4.78 is 42.4. The number of rotatable bonds is 2. The van der Waals surface area contributed by atoms with Gasteiger partial charge in [-0.1, -0.05) is 6.07 Å². The first-order valence-corrected chi connectivity index (χ1v) is 8.27. The molecule has 1 N–H and O–H groups in total. The van der Waals surface area contributed by atoms with Gasteiger partial charge in [0.05, 0.1) is 0 Å². The van der Waals surface area contributed by atoms with Gasteiger partial charge in [0, 0.05) is 24.7 Å². The van der Waals surface area contributed by atoms with Crippen LogP contribution in [0.1, 0.15) is 41.7 Å². The van der Waals surface area contributed by atoms with Gasteiger partial charge in [0.25, 0.3) is 0 Å². The number of alkyl halides is 3. The number of anilines is 1. The molecule has 2 heterocycles. The van der Waals surface area contributed by atoms with Crippen LogP contribution in [0, 0.1) is 13.8 Å². The summed E-state index contributed by atoms with van der Waals surface area (Å²) in [5.41, 5.74) is 2.83. The molecule has 1 aliphatic rings. The average Bonchev–Trinajstić information content (AvgIpc) is 3.04. The Bertz CT molecular complexity index is 775. The Labute approximate surface area is 148 Å². The fraction of sp³-hybridized carbons (Fsp3) is 0.471. The number of aryl methyl sites for hydroxylation is 2. The first-order valence-electron chi connectivity index (χ1n) is 8.27. The summed E-state index contributed by atoms with van der Waals surface area (Å²) in [6.07, 6.45) is -3.70. The smallest absolute Gasteiger partial charge is 0.417 e. The number of halogens is 3. The number of urea groups is 1. The molecule has 0 spiro atoms. The highest BCUT2D eigenvalue weighted by atomic mass is 19.4. The van der Waals surface area contributed by atoms with Gasteiger partial charge in [-0.3, -0.25) is 0 Å². The molecule has 0 unspecified atom stereocenters. The summed E-state index contributed by atoms with van der Waals surface area (Å²) in [6, 6.07) is 5.56. The van der Waals surface area contributed by atoms with Crippen LogP contribution in [0.15, 0.2) is 22.6 Å². The second-order valence-corrected chi connectivity index (χ2v) is 6.51. The van der Waals surface area contributed by atoms with Crippen LogP contribution in [0.25, 0.3) is 0 Å². The maximum Gasteiger partial charge on any atom is 0.470 e. The van der Waals surface area contributed by atoms with Crippen molar-refractivity contribution in [2.24, 2.45) is 0 Å². The number of piperidine rings is 1. The van der Waals surface area contributed by atoms with Gasteiger partial charge in [0.1, 0.15) is 0 Å². The Morgan fingerprint density at radius 2 is 1.77 bits per heavy atom. The molecule has 1 fully saturated rings. The van der Waals surface area contributed by atoms with Crippen molar-refractivity contribution < 1.29 is 22.4 Å². The van der Waals surface area contributed by atoms with Crippen molar-refractivity contribution in [3.05, 3.63) is 41.1 Å². The number of carbonyl (C=O) groups is 1. The van der Waals surface area contributed by atoms with E-state index in [9.17, 15) is 18.0 Å². The lowest BCUT2D eigenvalue weighted by Gasteiger charge is -2.30. The predicted molar refractivity (Wildman–Crippen MR) is 87.8 cm³/mol. The fourth-order valence-electron chi connectivity index (χ4n) is 3.09. The van der Waals surface area contributed by atoms with E-state index in [4.69, 9.17) is 4.42 Å². The Kier molecular flexibility index (Phi) is 4.88. The molecule has 1 aromatic heterocycles. The van der Waals surface area contributed by atoms with Crippen LogP contribution in [-0.4, -0.2) is 34.2 Å². The number of likely N-dealkylation sites (tertiary alicyclic amines) is 1. The van der Waals surface area contributed by atoms with Crippen molar-refractivity contribution in [3.63, 3.8) is 0 Å². The van der Waals surface area contributed by atoms with Gasteiger partial charge >= 0.3 is 18.1 Å². The number of benzene rings is 1. The molecule has 0 radical (unpaired) electrons. The molecule has 2 amide bonds. The maximum atomic E-state index is 12.5. The van der Waals surface area contributed by atoms with Gasteiger partial charge in [0.15, 0.2) is 0 Å². The molecule has 1 aliphatic heterocycles. The molecule has 1 saturated heterocycles. The molecular weight excluding hydrogens is 349 g/mol. The largest absolute Gasteiger partial charge is 0.470 e. The van der Waals surface area contributed by atoms with E-state index in [-0.39, 0.29) is 17.8 Å². The molecular formula is C17H19F3N4O2. The topological polar surface area (TPSA) is 71.3 Å². The third-order valence-electron chi connectivity index (χ3n) is 4.29. The Balaban J connectivity index is 1.58. The molecule has 140 valence electrons. The zero-order chi connectivity index (χ0) is 18.9. The van der Waals surface area contributed by atoms with Crippen molar-refractivity contribution in [3.8, 4) is 0 Å². The predicted octanol–water partition coefficient (Wildman–Crippen LogP) is 4.12. The van der Waals surface area contributed by atoms with Crippen LogP contribution in [0.2, 0.25) is 0 Å². The van der Waals surface area contributed by atoms with Crippen molar-refractivity contribution >= 4 is 11.7 Å². The Hall–Kier alpha value is -2.58. The van der Waals surface area contributed by atoms with Crippen LogP contribution >= 0.6 is 0 Å². The molecule has 9 heteroatoms. The molecule has 6 nitrogen and oxygen atoms in total. The number of hydrogen-bond donors (Lipinski definition) is 1. The Morgan fingerprint density at radius 3 is 2.31 bits per heavy atom. The second-order valence-electron chi connectivity index (χ2n) is 6.51. The molecule has 26 heavy (non-hydrogen) atoms. The lowest BCUT2D eigenvalue weighted by Crippen LogP contribution is -2.40. The van der Waals surface area contributed by atoms with E-state index in [2.05, 4.69) is 15.5 Å². The van der Waals surface area contributed by atoms with Crippen LogP contribution in [-0.2, 0) is 6.18 Å². The van der Waals surface area contributed by atoms with Crippen molar-refractivity contribution in [2.45, 2.75) is 38.8 Å². The summed E-state index contributed by atoms with van der Waals surface area (Å²) in [5, 5.41) is 9.42. The number of nitrogens with one attached hydrogen (secondary N) is 1. The van der Waals surface area contributed by atoms with Gasteiger partial charge in [0.2, 0.25) is 5.89 Å². The normalized spacial score (nSPS) is 16.0. The first-order chi connectivity index (χ1) is 12.2. The van der Waals surface area contributed by atoms with Crippen LogP contribution in [0.3, 0.4) is 0 Å². The van der Waals surface area contributed by atoms with Gasteiger partial charge < -0.3 is 14.6 Å². The van der Waals surface area contributed by atoms with Gasteiger partial charge in [-0.05, 0) is 49.9 Å². The highest BCUT2D eigenvalue weighted by molar-refractivity contribution is 5.89. The fourth-order valence-corrected chi connectivity index (χ4v) is 3.09. The van der Waals surface area contributed by atoms with Gasteiger partial charge in [-0.2, -0.15) is 13.2 Å². The van der Waals surface area contributed by atoms with Gasteiger partial charge in [-0.15, -0.1) is 10.2 Å². The van der Waals surface area contributed by atoms with E-state index in [0.29, 0.717) is 25.9 Å². The summed E-state index contributed by atoms with van der Waals surface area (Å²) in [7, 11) is 0. The van der Waals surface area contributed by atoms with E-state index in [0.717, 1.165) is 16.8 Å². The van der Waals surface area contributed by atoms with Gasteiger partial charge in [-0.25, -0.2) is 4.79 Å². The molecule has 0 saturated carbocycles. The highest BCUT2D eigenvalue weighted by Gasteiger charge is 2.39. The lowest BCUT2D eigenvalue weighted by molar-refractivity contribution is -0.157. The zero-order valence-corrected chi connectivity index (χ0v) is 14.4. The van der Waals surface area contributed by atoms with Crippen molar-refractivity contribution in [1.82, 2.24) is 15.1 Å². The number of carbonyl (C=O) groups excluding carboxylic acids is 1. The number of nitrogens with zero attached hydrogens (tertiary/aromatic N) is 3. The standard InChI is InChI=1S/C17H19F3N4O2/c1-10-7-11(2)9-13(8-10)21-16(25)24-5-3-12(4-6-24)14-22-23-15(26-14)17(18,19)20/h7-9,12H,3-6H2,1-2H3,(H,21,25). The summed E-state index contributed by atoms with van der Waals surface area (Å²) in [4.78, 5) is 14.0. The van der Waals surface area contributed by atoms with Crippen LogP contribution in [0.4, 0.5) is 23.7 Å². The molecule has 3 rings (SSSR count). The SMILES string of the molecule is Cc1cc(C)cc(NC(=O)N2CCC(c3nnc(C(F)(F)F)o3)CC2)c1. The van der Waals surface area contributed by atoms with E-state index < -0.39 is 12.1 Å². The second kappa shape index (κ2) is 6.97. The molecule has 0 aliphatic carbocycles. The quantitative estimate of drug-likeness (QED) is 0.866. The number of aromatic nitrogens is 2. The first kappa shape index (κ1) is 18.2. The molecule has 1 aromatic carbocycles. The lowest BCUT2D eigenvalue weighted by atomic mass is 9.97. The maximum absolute atomic E-state index is 12.5. The number of amides is 2. The van der Waals surface area contributed by atoms with Crippen molar-refractivity contribution in [1.29, 1.82) is 0 Å². The minimum absolute atomic E-state index is 0.0216.